The zero-order valence-electron chi connectivity index (χ0n) is 19.5. The molecule has 176 valence electrons. The highest BCUT2D eigenvalue weighted by atomic mass is 32.1. The highest BCUT2D eigenvalue weighted by Gasteiger charge is 2.43. The molecule has 2 atom stereocenters. The van der Waals surface area contributed by atoms with Crippen LogP contribution in [0.4, 0.5) is 5.69 Å². The molecule has 4 heterocycles. The van der Waals surface area contributed by atoms with E-state index < -0.39 is 0 Å². The van der Waals surface area contributed by atoms with E-state index in [0.29, 0.717) is 25.9 Å². The fourth-order valence-electron chi connectivity index (χ4n) is 5.03. The topological polar surface area (TPSA) is 56.8 Å². The molecule has 0 N–H and O–H groups in total. The standard InChI is InChI=1S/C27H30N4O2S/c1-20-7-9-22(10-8-20)31-25(32)12-11-23(26(31)24-6-4-18-34-24)27(33)30-16-14-29(15-17-30)19-21-5-2-3-13-28-21/h2-10,13,18,23,26H,11-12,14-17,19H2,1H3. The van der Waals surface area contributed by atoms with Crippen molar-refractivity contribution in [2.75, 3.05) is 31.1 Å². The molecule has 2 aliphatic rings. The molecule has 3 aromatic rings. The maximum absolute atomic E-state index is 13.8. The number of nitrogens with zero attached hydrogens (tertiary/aromatic N) is 4. The number of rotatable bonds is 5. The Hall–Kier alpha value is -3.03. The van der Waals surface area contributed by atoms with Crippen LogP contribution in [0.2, 0.25) is 0 Å². The first kappa shape index (κ1) is 22.7. The molecule has 0 saturated carbocycles. The largest absolute Gasteiger partial charge is 0.340 e. The summed E-state index contributed by atoms with van der Waals surface area (Å²) in [5.74, 6) is 0.0203. The van der Waals surface area contributed by atoms with Crippen LogP contribution < -0.4 is 4.90 Å². The van der Waals surface area contributed by atoms with Crippen molar-refractivity contribution in [3.05, 3.63) is 82.3 Å². The minimum Gasteiger partial charge on any atom is -0.340 e. The highest BCUT2D eigenvalue weighted by Crippen LogP contribution is 2.42. The Morgan fingerprint density at radius 2 is 1.82 bits per heavy atom. The van der Waals surface area contributed by atoms with Crippen molar-refractivity contribution in [3.8, 4) is 0 Å². The van der Waals surface area contributed by atoms with Crippen molar-refractivity contribution in [1.82, 2.24) is 14.8 Å². The molecule has 5 rings (SSSR count). The number of amides is 2. The molecule has 2 unspecified atom stereocenters. The predicted molar refractivity (Wildman–Crippen MR) is 135 cm³/mol. The summed E-state index contributed by atoms with van der Waals surface area (Å²) in [6, 6.07) is 17.8. The third kappa shape index (κ3) is 4.76. The van der Waals surface area contributed by atoms with Crippen molar-refractivity contribution in [3.63, 3.8) is 0 Å². The van der Waals surface area contributed by atoms with Gasteiger partial charge in [-0.25, -0.2) is 0 Å². The SMILES string of the molecule is Cc1ccc(N2C(=O)CCC(C(=O)N3CCN(Cc4ccccn4)CC3)C2c2cccs2)cc1. The molecule has 1 aromatic carbocycles. The molecular formula is C27H30N4O2S. The van der Waals surface area contributed by atoms with E-state index in [2.05, 4.69) is 16.0 Å². The summed E-state index contributed by atoms with van der Waals surface area (Å²) in [7, 11) is 0. The summed E-state index contributed by atoms with van der Waals surface area (Å²) in [4.78, 5) is 38.7. The number of aromatic nitrogens is 1. The second-order valence-corrected chi connectivity index (χ2v) is 10.1. The minimum atomic E-state index is -0.261. The van der Waals surface area contributed by atoms with Gasteiger partial charge in [-0.2, -0.15) is 0 Å². The Bertz CT molecular complexity index is 1110. The van der Waals surface area contributed by atoms with Crippen LogP contribution in [0.5, 0.6) is 0 Å². The summed E-state index contributed by atoms with van der Waals surface area (Å²) in [6.07, 6.45) is 2.81. The van der Waals surface area contributed by atoms with E-state index in [-0.39, 0.29) is 23.8 Å². The normalized spacial score (nSPS) is 21.6. The minimum absolute atomic E-state index is 0.0893. The number of hydrogen-bond donors (Lipinski definition) is 0. The molecule has 2 saturated heterocycles. The first-order chi connectivity index (χ1) is 16.6. The summed E-state index contributed by atoms with van der Waals surface area (Å²) in [5.41, 5.74) is 3.07. The van der Waals surface area contributed by atoms with Gasteiger partial charge in [-0.1, -0.05) is 29.8 Å². The molecule has 2 aromatic heterocycles. The van der Waals surface area contributed by atoms with Crippen LogP contribution >= 0.6 is 11.3 Å². The number of pyridine rings is 1. The van der Waals surface area contributed by atoms with Crippen molar-refractivity contribution >= 4 is 28.8 Å². The maximum atomic E-state index is 13.8. The second kappa shape index (κ2) is 10.1. The van der Waals surface area contributed by atoms with Gasteiger partial charge < -0.3 is 9.80 Å². The predicted octanol–water partition coefficient (Wildman–Crippen LogP) is 4.28. The lowest BCUT2D eigenvalue weighted by Gasteiger charge is -2.43. The molecule has 2 aliphatic heterocycles. The number of hydrogen-bond acceptors (Lipinski definition) is 5. The van der Waals surface area contributed by atoms with Gasteiger partial charge in [0.05, 0.1) is 17.7 Å². The molecule has 2 amide bonds. The number of piperidine rings is 1. The van der Waals surface area contributed by atoms with Gasteiger partial charge in [-0.15, -0.1) is 11.3 Å². The molecule has 0 spiro atoms. The molecule has 0 radical (unpaired) electrons. The lowest BCUT2D eigenvalue weighted by atomic mass is 9.85. The van der Waals surface area contributed by atoms with Gasteiger partial charge >= 0.3 is 0 Å². The van der Waals surface area contributed by atoms with E-state index in [1.807, 2.05) is 76.8 Å². The number of anilines is 1. The zero-order chi connectivity index (χ0) is 23.5. The Kier molecular flexibility index (Phi) is 6.74. The Morgan fingerprint density at radius 3 is 2.50 bits per heavy atom. The first-order valence-electron chi connectivity index (χ1n) is 11.9. The van der Waals surface area contributed by atoms with E-state index in [0.717, 1.165) is 41.5 Å². The summed E-state index contributed by atoms with van der Waals surface area (Å²) in [6.45, 7) is 5.92. The Labute approximate surface area is 204 Å². The highest BCUT2D eigenvalue weighted by molar-refractivity contribution is 7.10. The van der Waals surface area contributed by atoms with E-state index in [4.69, 9.17) is 0 Å². The number of thiophene rings is 1. The third-order valence-corrected chi connectivity index (χ3v) is 7.80. The van der Waals surface area contributed by atoms with Gasteiger partial charge in [0.1, 0.15) is 0 Å². The van der Waals surface area contributed by atoms with Crippen molar-refractivity contribution < 1.29 is 9.59 Å². The van der Waals surface area contributed by atoms with E-state index in [9.17, 15) is 9.59 Å². The van der Waals surface area contributed by atoms with Crippen LogP contribution in [-0.4, -0.2) is 52.8 Å². The number of aryl methyl sites for hydroxylation is 1. The van der Waals surface area contributed by atoms with Gasteiger partial charge in [-0.3, -0.25) is 19.5 Å². The second-order valence-electron chi connectivity index (χ2n) is 9.13. The number of benzene rings is 1. The average molecular weight is 475 g/mol. The van der Waals surface area contributed by atoms with Crippen molar-refractivity contribution in [1.29, 1.82) is 0 Å². The smallest absolute Gasteiger partial charge is 0.228 e. The maximum Gasteiger partial charge on any atom is 0.228 e. The van der Waals surface area contributed by atoms with Crippen molar-refractivity contribution in [2.45, 2.75) is 32.4 Å². The fraction of sp³-hybridized carbons (Fsp3) is 0.370. The Morgan fingerprint density at radius 1 is 1.03 bits per heavy atom. The van der Waals surface area contributed by atoms with E-state index in [1.165, 1.54) is 0 Å². The monoisotopic (exact) mass is 474 g/mol. The Balaban J connectivity index is 1.34. The van der Waals surface area contributed by atoms with E-state index >= 15 is 0 Å². The number of carbonyl (C=O) groups excluding carboxylic acids is 2. The van der Waals surface area contributed by atoms with E-state index in [1.54, 1.807) is 11.3 Å². The molecule has 6 nitrogen and oxygen atoms in total. The van der Waals surface area contributed by atoms with Gasteiger partial charge in [0, 0.05) is 55.9 Å². The zero-order valence-corrected chi connectivity index (χ0v) is 20.3. The van der Waals surface area contributed by atoms with Crippen LogP contribution in [0, 0.1) is 12.8 Å². The van der Waals surface area contributed by atoms with Gasteiger partial charge in [0.15, 0.2) is 0 Å². The van der Waals surface area contributed by atoms with Crippen LogP contribution in [0.15, 0.2) is 66.2 Å². The van der Waals surface area contributed by atoms with Crippen LogP contribution in [0.3, 0.4) is 0 Å². The molecule has 7 heteroatoms. The summed E-state index contributed by atoms with van der Waals surface area (Å²) in [5, 5.41) is 2.03. The van der Waals surface area contributed by atoms with Gasteiger partial charge in [0.2, 0.25) is 11.8 Å². The lowest BCUT2D eigenvalue weighted by Crippen LogP contribution is -2.54. The quantitative estimate of drug-likeness (QED) is 0.554. The number of piperazine rings is 1. The number of carbonyl (C=O) groups is 2. The van der Waals surface area contributed by atoms with Crippen LogP contribution in [0.1, 0.15) is 35.0 Å². The fourth-order valence-corrected chi connectivity index (χ4v) is 5.91. The van der Waals surface area contributed by atoms with Crippen molar-refractivity contribution in [2.24, 2.45) is 5.92 Å². The molecule has 0 bridgehead atoms. The first-order valence-corrected chi connectivity index (χ1v) is 12.8. The van der Waals surface area contributed by atoms with Gasteiger partial charge in [0.25, 0.3) is 0 Å². The molecule has 0 aliphatic carbocycles. The molecule has 34 heavy (non-hydrogen) atoms. The van der Waals surface area contributed by atoms with Crippen LogP contribution in [0.25, 0.3) is 0 Å². The average Bonchev–Trinajstić information content (AvgIpc) is 3.40. The molecule has 2 fully saturated rings. The van der Waals surface area contributed by atoms with Gasteiger partial charge in [-0.05, 0) is 49.1 Å². The lowest BCUT2D eigenvalue weighted by molar-refractivity contribution is -0.140. The summed E-state index contributed by atoms with van der Waals surface area (Å²) >= 11 is 1.62. The summed E-state index contributed by atoms with van der Waals surface area (Å²) < 4.78 is 0. The molecular weight excluding hydrogens is 444 g/mol. The van der Waals surface area contributed by atoms with Crippen LogP contribution in [-0.2, 0) is 16.1 Å². The third-order valence-electron chi connectivity index (χ3n) is 6.86.